The number of nitrogens with one attached hydrogen (secondary N) is 2. The predicted octanol–water partition coefficient (Wildman–Crippen LogP) is 0.413. The third kappa shape index (κ3) is 4.08. The van der Waals surface area contributed by atoms with Crippen LogP contribution >= 0.6 is 0 Å². The largest absolute Gasteiger partial charge is 0.351 e. The maximum atomic E-state index is 13.4. The summed E-state index contributed by atoms with van der Waals surface area (Å²) in [6, 6.07) is 4.17. The molecule has 1 aromatic rings. The van der Waals surface area contributed by atoms with Crippen molar-refractivity contribution in [3.05, 3.63) is 35.1 Å². The van der Waals surface area contributed by atoms with E-state index in [0.717, 1.165) is 5.56 Å². The van der Waals surface area contributed by atoms with Gasteiger partial charge < -0.3 is 5.32 Å². The third-order valence-corrected chi connectivity index (χ3v) is 3.70. The lowest BCUT2D eigenvalue weighted by Gasteiger charge is -2.07. The van der Waals surface area contributed by atoms with Gasteiger partial charge in [0.2, 0.25) is 10.0 Å². The molecule has 0 aliphatic carbocycles. The van der Waals surface area contributed by atoms with Crippen molar-refractivity contribution >= 4 is 15.9 Å². The zero-order valence-corrected chi connectivity index (χ0v) is 11.0. The number of benzene rings is 1. The quantitative estimate of drug-likeness (QED) is 0.816. The zero-order chi connectivity index (χ0) is 13.8. The maximum Gasteiger partial charge on any atom is 0.254 e. The summed E-state index contributed by atoms with van der Waals surface area (Å²) < 4.78 is 37.7. The molecule has 1 aromatic carbocycles. The van der Waals surface area contributed by atoms with Gasteiger partial charge in [-0.25, -0.2) is 17.5 Å². The van der Waals surface area contributed by atoms with Gasteiger partial charge in [-0.1, -0.05) is 11.6 Å². The van der Waals surface area contributed by atoms with Crippen molar-refractivity contribution in [3.63, 3.8) is 0 Å². The van der Waals surface area contributed by atoms with E-state index in [9.17, 15) is 17.6 Å². The van der Waals surface area contributed by atoms with Crippen LogP contribution in [0.1, 0.15) is 15.9 Å². The molecule has 0 aliphatic heterocycles. The standard InChI is InChI=1S/C11H15FN2O3S/c1-8-3-4-10(12)9(7-8)11(15)14-5-6-18(16,17)13-2/h3-4,7,13H,5-6H2,1-2H3,(H,14,15). The lowest BCUT2D eigenvalue weighted by atomic mass is 10.1. The summed E-state index contributed by atoms with van der Waals surface area (Å²) in [7, 11) is -2.09. The molecule has 1 amide bonds. The fourth-order valence-corrected chi connectivity index (χ4v) is 1.88. The van der Waals surface area contributed by atoms with E-state index < -0.39 is 21.7 Å². The first-order valence-corrected chi connectivity index (χ1v) is 6.96. The zero-order valence-electron chi connectivity index (χ0n) is 10.2. The first-order chi connectivity index (χ1) is 8.35. The Balaban J connectivity index is 2.64. The van der Waals surface area contributed by atoms with Crippen LogP contribution < -0.4 is 10.0 Å². The Hall–Kier alpha value is -1.47. The van der Waals surface area contributed by atoms with Crippen LogP contribution in [0.25, 0.3) is 0 Å². The van der Waals surface area contributed by atoms with E-state index in [1.54, 1.807) is 13.0 Å². The Labute approximate surface area is 105 Å². The molecule has 0 fully saturated rings. The number of sulfonamides is 1. The lowest BCUT2D eigenvalue weighted by molar-refractivity contribution is 0.0952. The highest BCUT2D eigenvalue weighted by Crippen LogP contribution is 2.09. The molecule has 0 aliphatic rings. The maximum absolute atomic E-state index is 13.4. The first kappa shape index (κ1) is 14.6. The number of amides is 1. The first-order valence-electron chi connectivity index (χ1n) is 5.31. The predicted molar refractivity (Wildman–Crippen MR) is 66.3 cm³/mol. The summed E-state index contributed by atoms with van der Waals surface area (Å²) >= 11 is 0. The van der Waals surface area contributed by atoms with Crippen molar-refractivity contribution < 1.29 is 17.6 Å². The molecule has 1 rings (SSSR count). The number of aryl methyl sites for hydroxylation is 1. The van der Waals surface area contributed by atoms with Crippen molar-refractivity contribution in [2.45, 2.75) is 6.92 Å². The highest BCUT2D eigenvalue weighted by molar-refractivity contribution is 7.89. The summed E-state index contributed by atoms with van der Waals surface area (Å²) in [6.45, 7) is 1.66. The van der Waals surface area contributed by atoms with Gasteiger partial charge in [0, 0.05) is 6.54 Å². The van der Waals surface area contributed by atoms with Gasteiger partial charge in [-0.3, -0.25) is 4.79 Å². The van der Waals surface area contributed by atoms with Gasteiger partial charge in [0.05, 0.1) is 11.3 Å². The molecule has 0 bridgehead atoms. The average Bonchev–Trinajstić information content (AvgIpc) is 2.32. The van der Waals surface area contributed by atoms with Crippen LogP contribution in [0.3, 0.4) is 0 Å². The summed E-state index contributed by atoms with van der Waals surface area (Å²) in [4.78, 5) is 11.6. The van der Waals surface area contributed by atoms with Crippen LogP contribution in [0, 0.1) is 12.7 Å². The van der Waals surface area contributed by atoms with Crippen LogP contribution in [-0.4, -0.2) is 33.7 Å². The fourth-order valence-electron chi connectivity index (χ4n) is 1.31. The van der Waals surface area contributed by atoms with Crippen molar-refractivity contribution in [1.29, 1.82) is 0 Å². The van der Waals surface area contributed by atoms with E-state index in [4.69, 9.17) is 0 Å². The Bertz CT molecular complexity index is 543. The Kier molecular flexibility index (Phi) is 4.80. The van der Waals surface area contributed by atoms with Crippen molar-refractivity contribution in [2.24, 2.45) is 0 Å². The number of carbonyl (C=O) groups is 1. The molecule has 2 N–H and O–H groups in total. The minimum absolute atomic E-state index is 0.0740. The average molecular weight is 274 g/mol. The lowest BCUT2D eigenvalue weighted by Crippen LogP contribution is -2.33. The molecule has 0 radical (unpaired) electrons. The summed E-state index contributed by atoms with van der Waals surface area (Å²) in [5, 5.41) is 2.36. The molecule has 0 spiro atoms. The van der Waals surface area contributed by atoms with Crippen molar-refractivity contribution in [1.82, 2.24) is 10.0 Å². The van der Waals surface area contributed by atoms with Crippen molar-refractivity contribution in [3.8, 4) is 0 Å². The van der Waals surface area contributed by atoms with Gasteiger partial charge in [-0.05, 0) is 26.1 Å². The Morgan fingerprint density at radius 3 is 2.67 bits per heavy atom. The summed E-state index contributed by atoms with van der Waals surface area (Å²) in [6.07, 6.45) is 0. The second kappa shape index (κ2) is 5.92. The van der Waals surface area contributed by atoms with E-state index >= 15 is 0 Å². The van der Waals surface area contributed by atoms with Crippen molar-refractivity contribution in [2.75, 3.05) is 19.3 Å². The molecule has 0 unspecified atom stereocenters. The molecule has 100 valence electrons. The van der Waals surface area contributed by atoms with E-state index in [1.807, 2.05) is 0 Å². The van der Waals surface area contributed by atoms with E-state index in [-0.39, 0.29) is 17.9 Å². The van der Waals surface area contributed by atoms with Gasteiger partial charge in [-0.2, -0.15) is 0 Å². The second-order valence-electron chi connectivity index (χ2n) is 3.76. The van der Waals surface area contributed by atoms with Crippen LogP contribution in [0.4, 0.5) is 4.39 Å². The SMILES string of the molecule is CNS(=O)(=O)CCNC(=O)c1cc(C)ccc1F. The van der Waals surface area contributed by atoms with Crippen LogP contribution in [0.2, 0.25) is 0 Å². The minimum Gasteiger partial charge on any atom is -0.351 e. The monoisotopic (exact) mass is 274 g/mol. The van der Waals surface area contributed by atoms with Crippen LogP contribution in [0.5, 0.6) is 0 Å². The molecule has 0 aromatic heterocycles. The van der Waals surface area contributed by atoms with Gasteiger partial charge in [0.25, 0.3) is 5.91 Å². The van der Waals surface area contributed by atoms with Gasteiger partial charge in [0.1, 0.15) is 5.82 Å². The van der Waals surface area contributed by atoms with Crippen LogP contribution in [0.15, 0.2) is 18.2 Å². The van der Waals surface area contributed by atoms with Gasteiger partial charge >= 0.3 is 0 Å². The van der Waals surface area contributed by atoms with Gasteiger partial charge in [0.15, 0.2) is 0 Å². The smallest absolute Gasteiger partial charge is 0.254 e. The molecular formula is C11H15FN2O3S. The number of hydrogen-bond acceptors (Lipinski definition) is 3. The number of carbonyl (C=O) groups excluding carboxylic acids is 1. The molecule has 0 heterocycles. The molecule has 18 heavy (non-hydrogen) atoms. The summed E-state index contributed by atoms with van der Waals surface area (Å²) in [5.41, 5.74) is 0.668. The third-order valence-electron chi connectivity index (χ3n) is 2.33. The topological polar surface area (TPSA) is 75.3 Å². The Morgan fingerprint density at radius 2 is 2.06 bits per heavy atom. The number of rotatable bonds is 5. The minimum atomic E-state index is -3.37. The second-order valence-corrected chi connectivity index (χ2v) is 5.81. The van der Waals surface area contributed by atoms with Crippen LogP contribution in [-0.2, 0) is 10.0 Å². The number of halogens is 1. The van der Waals surface area contributed by atoms with E-state index in [2.05, 4.69) is 10.0 Å². The van der Waals surface area contributed by atoms with E-state index in [0.29, 0.717) is 0 Å². The normalized spacial score (nSPS) is 11.3. The molecule has 5 nitrogen and oxygen atoms in total. The molecule has 7 heteroatoms. The highest BCUT2D eigenvalue weighted by Gasteiger charge is 2.13. The molecule has 0 atom stereocenters. The molecular weight excluding hydrogens is 259 g/mol. The molecule has 0 saturated carbocycles. The fraction of sp³-hybridized carbons (Fsp3) is 0.364. The molecule has 0 saturated heterocycles. The Morgan fingerprint density at radius 1 is 1.39 bits per heavy atom. The van der Waals surface area contributed by atoms with E-state index in [1.165, 1.54) is 19.2 Å². The number of hydrogen-bond donors (Lipinski definition) is 2. The highest BCUT2D eigenvalue weighted by atomic mass is 32.2. The van der Waals surface area contributed by atoms with Gasteiger partial charge in [-0.15, -0.1) is 0 Å². The summed E-state index contributed by atoms with van der Waals surface area (Å²) in [5.74, 6) is -1.50.